The van der Waals surface area contributed by atoms with E-state index in [1.165, 1.54) is 0 Å². The summed E-state index contributed by atoms with van der Waals surface area (Å²) < 4.78 is 0. The van der Waals surface area contributed by atoms with Crippen LogP contribution in [0, 0.1) is 0 Å². The van der Waals surface area contributed by atoms with E-state index in [2.05, 4.69) is 23.8 Å². The Hall–Kier alpha value is -0.0300. The molecule has 1 saturated heterocycles. The second-order valence-corrected chi connectivity index (χ2v) is 4.11. The van der Waals surface area contributed by atoms with Gasteiger partial charge in [0.2, 0.25) is 0 Å². The van der Waals surface area contributed by atoms with E-state index in [1.807, 2.05) is 6.92 Å². The summed E-state index contributed by atoms with van der Waals surface area (Å²) in [6.07, 6.45) is 0.684. The molecule has 0 saturated carbocycles. The van der Waals surface area contributed by atoms with Gasteiger partial charge in [-0.25, -0.2) is 0 Å². The highest BCUT2D eigenvalue weighted by molar-refractivity contribution is 5.85. The Morgan fingerprint density at radius 3 is 2.38 bits per heavy atom. The molecule has 1 rings (SSSR count). The fourth-order valence-electron chi connectivity index (χ4n) is 2.17. The zero-order valence-corrected chi connectivity index (χ0v) is 11.7. The maximum atomic E-state index is 11.0. The molecule has 98 valence electrons. The summed E-state index contributed by atoms with van der Waals surface area (Å²) in [5.41, 5.74) is 0. The van der Waals surface area contributed by atoms with Crippen molar-refractivity contribution in [3.8, 4) is 0 Å². The third-order valence-electron chi connectivity index (χ3n) is 2.95. The minimum absolute atomic E-state index is 0. The second kappa shape index (κ2) is 8.12. The molecule has 0 aromatic rings. The van der Waals surface area contributed by atoms with Gasteiger partial charge in [-0.05, 0) is 20.4 Å². The van der Waals surface area contributed by atoms with Gasteiger partial charge in [0.05, 0.1) is 0 Å². The van der Waals surface area contributed by atoms with E-state index in [0.29, 0.717) is 12.5 Å². The van der Waals surface area contributed by atoms with Gasteiger partial charge < -0.3 is 10.0 Å². The molecule has 1 heterocycles. The molecule has 0 bridgehead atoms. The lowest BCUT2D eigenvalue weighted by atomic mass is 10.1. The quantitative estimate of drug-likeness (QED) is 0.842. The number of hydrogen-bond acceptors (Lipinski definition) is 3. The predicted molar refractivity (Wildman–Crippen MR) is 69.9 cm³/mol. The largest absolute Gasteiger partial charge is 0.480 e. The lowest BCUT2D eigenvalue weighted by molar-refractivity contribution is -0.145. The van der Waals surface area contributed by atoms with Gasteiger partial charge in [-0.15, -0.1) is 24.8 Å². The third kappa shape index (κ3) is 4.45. The molecule has 0 aromatic heterocycles. The SMILES string of the molecule is CCC(C(=O)O)N1CCN(C)C[C@H]1C.Cl.Cl. The van der Waals surface area contributed by atoms with E-state index in [4.69, 9.17) is 5.11 Å². The van der Waals surface area contributed by atoms with Crippen molar-refractivity contribution in [2.24, 2.45) is 0 Å². The maximum Gasteiger partial charge on any atom is 0.320 e. The zero-order chi connectivity index (χ0) is 10.7. The number of halogens is 2. The number of rotatable bonds is 3. The molecule has 1 fully saturated rings. The van der Waals surface area contributed by atoms with Gasteiger partial charge in [-0.1, -0.05) is 6.92 Å². The summed E-state index contributed by atoms with van der Waals surface area (Å²) in [5, 5.41) is 9.05. The molecular weight excluding hydrogens is 251 g/mol. The standard InChI is InChI=1S/C10H20N2O2.2ClH/c1-4-9(10(13)14)12-6-5-11(3)7-8(12)2;;/h8-9H,4-7H2,1-3H3,(H,13,14);2*1H/t8-,9?;;/m1../s1. The Bertz CT molecular complexity index is 217. The molecule has 2 atom stereocenters. The van der Waals surface area contributed by atoms with Gasteiger partial charge in [-0.3, -0.25) is 9.69 Å². The fourth-order valence-corrected chi connectivity index (χ4v) is 2.17. The van der Waals surface area contributed by atoms with Gasteiger partial charge in [-0.2, -0.15) is 0 Å². The number of piperazine rings is 1. The Morgan fingerprint density at radius 2 is 2.00 bits per heavy atom. The summed E-state index contributed by atoms with van der Waals surface area (Å²) >= 11 is 0. The topological polar surface area (TPSA) is 43.8 Å². The number of carbonyl (C=O) groups is 1. The fraction of sp³-hybridized carbons (Fsp3) is 0.900. The first-order chi connectivity index (χ1) is 6.56. The van der Waals surface area contributed by atoms with Crippen molar-refractivity contribution in [2.75, 3.05) is 26.7 Å². The molecule has 0 spiro atoms. The number of aliphatic carboxylic acids is 1. The first kappa shape index (κ1) is 18.3. The van der Waals surface area contributed by atoms with Crippen molar-refractivity contribution in [1.29, 1.82) is 0 Å². The van der Waals surface area contributed by atoms with E-state index in [9.17, 15) is 4.79 Å². The minimum Gasteiger partial charge on any atom is -0.480 e. The van der Waals surface area contributed by atoms with Crippen molar-refractivity contribution < 1.29 is 9.90 Å². The molecule has 16 heavy (non-hydrogen) atoms. The van der Waals surface area contributed by atoms with E-state index >= 15 is 0 Å². The lowest BCUT2D eigenvalue weighted by Crippen LogP contribution is -2.56. The molecule has 1 unspecified atom stereocenters. The van der Waals surface area contributed by atoms with E-state index < -0.39 is 5.97 Å². The molecule has 1 aliphatic rings. The van der Waals surface area contributed by atoms with Crippen LogP contribution in [0.25, 0.3) is 0 Å². The van der Waals surface area contributed by atoms with Crippen LogP contribution in [0.3, 0.4) is 0 Å². The maximum absolute atomic E-state index is 11.0. The number of hydrogen-bond donors (Lipinski definition) is 1. The average molecular weight is 273 g/mol. The minimum atomic E-state index is -0.691. The first-order valence-corrected chi connectivity index (χ1v) is 5.23. The molecular formula is C10H22Cl2N2O2. The Morgan fingerprint density at radius 1 is 1.44 bits per heavy atom. The Labute approximate surface area is 110 Å². The highest BCUT2D eigenvalue weighted by atomic mass is 35.5. The smallest absolute Gasteiger partial charge is 0.320 e. The van der Waals surface area contributed by atoms with Crippen LogP contribution in [-0.4, -0.2) is 59.6 Å². The number of carboxylic acid groups (broad SMARTS) is 1. The number of likely N-dealkylation sites (N-methyl/N-ethyl adjacent to an activating group) is 1. The molecule has 0 aromatic carbocycles. The number of nitrogens with zero attached hydrogens (tertiary/aromatic N) is 2. The van der Waals surface area contributed by atoms with Crippen molar-refractivity contribution in [3.63, 3.8) is 0 Å². The van der Waals surface area contributed by atoms with Gasteiger partial charge in [0.25, 0.3) is 0 Å². The van der Waals surface area contributed by atoms with Crippen LogP contribution in [0.1, 0.15) is 20.3 Å². The molecule has 4 nitrogen and oxygen atoms in total. The lowest BCUT2D eigenvalue weighted by Gasteiger charge is -2.41. The third-order valence-corrected chi connectivity index (χ3v) is 2.95. The van der Waals surface area contributed by atoms with Crippen molar-refractivity contribution in [2.45, 2.75) is 32.4 Å². The molecule has 6 heteroatoms. The molecule has 1 N–H and O–H groups in total. The van der Waals surface area contributed by atoms with E-state index in [-0.39, 0.29) is 30.9 Å². The molecule has 0 amide bonds. The Balaban J connectivity index is 0. The first-order valence-electron chi connectivity index (χ1n) is 5.23. The molecule has 0 radical (unpaired) electrons. The summed E-state index contributed by atoms with van der Waals surface area (Å²) in [7, 11) is 2.08. The monoisotopic (exact) mass is 272 g/mol. The van der Waals surface area contributed by atoms with Gasteiger partial charge in [0, 0.05) is 25.7 Å². The van der Waals surface area contributed by atoms with Crippen LogP contribution in [0.4, 0.5) is 0 Å². The van der Waals surface area contributed by atoms with Crippen LogP contribution < -0.4 is 0 Å². The van der Waals surface area contributed by atoms with E-state index in [0.717, 1.165) is 19.6 Å². The van der Waals surface area contributed by atoms with Crippen LogP contribution in [0.5, 0.6) is 0 Å². The van der Waals surface area contributed by atoms with E-state index in [1.54, 1.807) is 0 Å². The van der Waals surface area contributed by atoms with Crippen LogP contribution >= 0.6 is 24.8 Å². The van der Waals surface area contributed by atoms with Crippen LogP contribution in [0.15, 0.2) is 0 Å². The zero-order valence-electron chi connectivity index (χ0n) is 10.0. The second-order valence-electron chi connectivity index (χ2n) is 4.11. The molecule has 0 aliphatic carbocycles. The van der Waals surface area contributed by atoms with Crippen molar-refractivity contribution >= 4 is 30.8 Å². The summed E-state index contributed by atoms with van der Waals surface area (Å²) in [4.78, 5) is 15.3. The summed E-state index contributed by atoms with van der Waals surface area (Å²) in [5.74, 6) is -0.691. The van der Waals surface area contributed by atoms with Gasteiger partial charge >= 0.3 is 5.97 Å². The van der Waals surface area contributed by atoms with Gasteiger partial charge in [0.1, 0.15) is 6.04 Å². The summed E-state index contributed by atoms with van der Waals surface area (Å²) in [6, 6.07) is 0.0356. The highest BCUT2D eigenvalue weighted by Gasteiger charge is 2.30. The van der Waals surface area contributed by atoms with Crippen LogP contribution in [0.2, 0.25) is 0 Å². The van der Waals surface area contributed by atoms with Gasteiger partial charge in [0.15, 0.2) is 0 Å². The highest BCUT2D eigenvalue weighted by Crippen LogP contribution is 2.14. The summed E-state index contributed by atoms with van der Waals surface area (Å²) in [6.45, 7) is 6.82. The van der Waals surface area contributed by atoms with Crippen molar-refractivity contribution in [1.82, 2.24) is 9.80 Å². The normalized spacial score (nSPS) is 24.1. The average Bonchev–Trinajstić information content (AvgIpc) is 2.09. The Kier molecular flexibility index (Phi) is 9.30. The number of carboxylic acids is 1. The van der Waals surface area contributed by atoms with Crippen LogP contribution in [-0.2, 0) is 4.79 Å². The molecule has 1 aliphatic heterocycles. The van der Waals surface area contributed by atoms with Crippen molar-refractivity contribution in [3.05, 3.63) is 0 Å². The predicted octanol–water partition coefficient (Wildman–Crippen LogP) is 1.33.